The lowest BCUT2D eigenvalue weighted by Gasteiger charge is -2.28. The first-order chi connectivity index (χ1) is 6.13. The lowest BCUT2D eigenvalue weighted by atomic mass is 10.2. The van der Waals surface area contributed by atoms with E-state index in [-0.39, 0.29) is 19.1 Å². The molecule has 4 nitrogen and oxygen atoms in total. The summed E-state index contributed by atoms with van der Waals surface area (Å²) in [5.41, 5.74) is 0. The first-order valence-corrected chi connectivity index (χ1v) is 4.04. The molecule has 1 unspecified atom stereocenters. The van der Waals surface area contributed by atoms with Crippen LogP contribution in [0.15, 0.2) is 0 Å². The Labute approximate surface area is 76.8 Å². The number of ether oxygens (including phenoxy) is 1. The molecule has 0 bridgehead atoms. The fourth-order valence-corrected chi connectivity index (χ4v) is 1.19. The molecule has 1 heterocycles. The van der Waals surface area contributed by atoms with Gasteiger partial charge in [0, 0.05) is 12.5 Å². The largest absolute Gasteiger partial charge is 0.391 e. The van der Waals surface area contributed by atoms with Crippen molar-refractivity contribution in [3.63, 3.8) is 0 Å². The smallest absolute Gasteiger partial charge is 0.327 e. The molecule has 0 aromatic carbocycles. The van der Waals surface area contributed by atoms with Gasteiger partial charge in [0.25, 0.3) is 0 Å². The quantitative estimate of drug-likeness (QED) is 0.336. The summed E-state index contributed by atoms with van der Waals surface area (Å²) in [5.74, 6) is 1.49. The predicted molar refractivity (Wildman–Crippen MR) is 45.6 cm³/mol. The van der Waals surface area contributed by atoms with Crippen LogP contribution in [-0.2, 0) is 14.3 Å². The normalized spacial score (nSPS) is 20.6. The van der Waals surface area contributed by atoms with Gasteiger partial charge in [0.2, 0.25) is 0 Å². The van der Waals surface area contributed by atoms with E-state index in [0.29, 0.717) is 6.42 Å². The molecular formula is C9H11NO3. The molecule has 1 rings (SSSR count). The highest BCUT2D eigenvalue weighted by Gasteiger charge is 2.27. The van der Waals surface area contributed by atoms with E-state index in [1.54, 1.807) is 4.90 Å². The van der Waals surface area contributed by atoms with Crippen molar-refractivity contribution >= 4 is 11.9 Å². The van der Waals surface area contributed by atoms with E-state index in [1.807, 2.05) is 6.92 Å². The second-order valence-corrected chi connectivity index (χ2v) is 3.01. The molecular weight excluding hydrogens is 170 g/mol. The lowest BCUT2D eigenvalue weighted by Crippen LogP contribution is -2.47. The Balaban J connectivity index is 2.55. The summed E-state index contributed by atoms with van der Waals surface area (Å²) in [4.78, 5) is 23.4. The molecule has 0 aliphatic carbocycles. The standard InChI is InChI=1S/C9H11NO3/c1-3-4-7(2)10-5-8(11)13-9(12)6-10/h1,7H,4-6H2,2H3. The lowest BCUT2D eigenvalue weighted by molar-refractivity contribution is -0.167. The third kappa shape index (κ3) is 2.56. The van der Waals surface area contributed by atoms with Gasteiger partial charge in [-0.25, -0.2) is 0 Å². The summed E-state index contributed by atoms with van der Waals surface area (Å²) < 4.78 is 4.37. The Morgan fingerprint density at radius 3 is 2.54 bits per heavy atom. The van der Waals surface area contributed by atoms with E-state index in [1.165, 1.54) is 0 Å². The summed E-state index contributed by atoms with van der Waals surface area (Å²) in [6.07, 6.45) is 5.66. The van der Waals surface area contributed by atoms with Crippen molar-refractivity contribution in [1.82, 2.24) is 4.90 Å². The van der Waals surface area contributed by atoms with Crippen molar-refractivity contribution in [2.75, 3.05) is 13.1 Å². The molecule has 0 aromatic heterocycles. The van der Waals surface area contributed by atoms with Crippen LogP contribution in [0.2, 0.25) is 0 Å². The van der Waals surface area contributed by atoms with Gasteiger partial charge in [-0.2, -0.15) is 0 Å². The van der Waals surface area contributed by atoms with Gasteiger partial charge in [-0.05, 0) is 6.92 Å². The van der Waals surface area contributed by atoms with Crippen molar-refractivity contribution in [1.29, 1.82) is 0 Å². The van der Waals surface area contributed by atoms with Gasteiger partial charge in [-0.3, -0.25) is 14.5 Å². The van der Waals surface area contributed by atoms with Crippen molar-refractivity contribution in [3.05, 3.63) is 0 Å². The average Bonchev–Trinajstić information content (AvgIpc) is 2.03. The third-order valence-corrected chi connectivity index (χ3v) is 1.93. The minimum Gasteiger partial charge on any atom is -0.391 e. The number of hydrogen-bond donors (Lipinski definition) is 0. The Bertz CT molecular complexity index is 251. The Morgan fingerprint density at radius 1 is 1.54 bits per heavy atom. The highest BCUT2D eigenvalue weighted by atomic mass is 16.6. The van der Waals surface area contributed by atoms with Crippen LogP contribution in [0.4, 0.5) is 0 Å². The molecule has 0 amide bonds. The molecule has 1 saturated heterocycles. The number of terminal acetylenes is 1. The topological polar surface area (TPSA) is 46.6 Å². The monoisotopic (exact) mass is 181 g/mol. The van der Waals surface area contributed by atoms with Crippen LogP contribution in [0.25, 0.3) is 0 Å². The number of nitrogens with zero attached hydrogens (tertiary/aromatic N) is 1. The van der Waals surface area contributed by atoms with E-state index in [9.17, 15) is 9.59 Å². The van der Waals surface area contributed by atoms with Crippen LogP contribution in [0.1, 0.15) is 13.3 Å². The van der Waals surface area contributed by atoms with Crippen LogP contribution in [0, 0.1) is 12.3 Å². The number of rotatable bonds is 2. The molecule has 1 aliphatic rings. The first-order valence-electron chi connectivity index (χ1n) is 4.04. The second-order valence-electron chi connectivity index (χ2n) is 3.01. The van der Waals surface area contributed by atoms with Crippen LogP contribution >= 0.6 is 0 Å². The van der Waals surface area contributed by atoms with Gasteiger partial charge in [0.1, 0.15) is 0 Å². The molecule has 13 heavy (non-hydrogen) atoms. The van der Waals surface area contributed by atoms with Crippen molar-refractivity contribution < 1.29 is 14.3 Å². The summed E-state index contributed by atoms with van der Waals surface area (Å²) in [5, 5.41) is 0. The predicted octanol–water partition coefficient (Wildman–Crippen LogP) is -0.216. The first kappa shape index (κ1) is 9.75. The number of carbonyl (C=O) groups excluding carboxylic acids is 2. The summed E-state index contributed by atoms with van der Waals surface area (Å²) >= 11 is 0. The van der Waals surface area contributed by atoms with Crippen LogP contribution in [0.3, 0.4) is 0 Å². The highest BCUT2D eigenvalue weighted by Crippen LogP contribution is 2.07. The molecule has 4 heteroatoms. The maximum absolute atomic E-state index is 10.9. The molecule has 1 aliphatic heterocycles. The number of carbonyl (C=O) groups is 2. The Morgan fingerprint density at radius 2 is 2.08 bits per heavy atom. The fourth-order valence-electron chi connectivity index (χ4n) is 1.19. The van der Waals surface area contributed by atoms with Gasteiger partial charge in [0.05, 0.1) is 13.1 Å². The molecule has 0 saturated carbocycles. The fraction of sp³-hybridized carbons (Fsp3) is 0.556. The van der Waals surface area contributed by atoms with Gasteiger partial charge in [-0.15, -0.1) is 12.3 Å². The van der Waals surface area contributed by atoms with Crippen molar-refractivity contribution in [2.45, 2.75) is 19.4 Å². The SMILES string of the molecule is C#CCC(C)N1CC(=O)OC(=O)C1. The van der Waals surface area contributed by atoms with E-state index >= 15 is 0 Å². The highest BCUT2D eigenvalue weighted by molar-refractivity contribution is 5.90. The van der Waals surface area contributed by atoms with E-state index in [2.05, 4.69) is 10.7 Å². The molecule has 0 spiro atoms. The number of cyclic esters (lactones) is 2. The number of esters is 2. The third-order valence-electron chi connectivity index (χ3n) is 1.93. The summed E-state index contributed by atoms with van der Waals surface area (Å²) in [6, 6.07) is 0.0433. The minimum absolute atomic E-state index is 0.0433. The molecule has 0 radical (unpaired) electrons. The Kier molecular flexibility index (Phi) is 3.04. The van der Waals surface area contributed by atoms with Crippen molar-refractivity contribution in [2.24, 2.45) is 0 Å². The average molecular weight is 181 g/mol. The zero-order valence-corrected chi connectivity index (χ0v) is 7.45. The van der Waals surface area contributed by atoms with Crippen molar-refractivity contribution in [3.8, 4) is 12.3 Å². The number of hydrogen-bond acceptors (Lipinski definition) is 4. The summed E-state index contributed by atoms with van der Waals surface area (Å²) in [6.45, 7) is 2.18. The van der Waals surface area contributed by atoms with E-state index < -0.39 is 11.9 Å². The maximum atomic E-state index is 10.9. The molecule has 0 aromatic rings. The molecule has 1 fully saturated rings. The zero-order chi connectivity index (χ0) is 9.84. The number of morpholine rings is 1. The van der Waals surface area contributed by atoms with Gasteiger partial charge in [-0.1, -0.05) is 0 Å². The Hall–Kier alpha value is -1.34. The van der Waals surface area contributed by atoms with Crippen LogP contribution in [-0.4, -0.2) is 36.0 Å². The van der Waals surface area contributed by atoms with Gasteiger partial charge in [0.15, 0.2) is 0 Å². The minimum atomic E-state index is -0.500. The van der Waals surface area contributed by atoms with E-state index in [0.717, 1.165) is 0 Å². The zero-order valence-electron chi connectivity index (χ0n) is 7.45. The maximum Gasteiger partial charge on any atom is 0.327 e. The van der Waals surface area contributed by atoms with Gasteiger partial charge < -0.3 is 4.74 Å². The molecule has 70 valence electrons. The van der Waals surface area contributed by atoms with E-state index in [4.69, 9.17) is 6.42 Å². The summed E-state index contributed by atoms with van der Waals surface area (Å²) in [7, 11) is 0. The second kappa shape index (κ2) is 4.06. The van der Waals surface area contributed by atoms with Crippen LogP contribution in [0.5, 0.6) is 0 Å². The molecule has 0 N–H and O–H groups in total. The van der Waals surface area contributed by atoms with Gasteiger partial charge >= 0.3 is 11.9 Å². The molecule has 1 atom stereocenters. The van der Waals surface area contributed by atoms with Crippen LogP contribution < -0.4 is 0 Å².